The lowest BCUT2D eigenvalue weighted by Crippen LogP contribution is -2.30. The molecule has 0 aliphatic heterocycles. The molecule has 1 aromatic carbocycles. The van der Waals surface area contributed by atoms with E-state index in [2.05, 4.69) is 5.32 Å². The van der Waals surface area contributed by atoms with Crippen molar-refractivity contribution in [3.05, 3.63) is 45.8 Å². The number of carbonyl (C=O) groups excluding carboxylic acids is 3. The van der Waals surface area contributed by atoms with Crippen molar-refractivity contribution in [3.8, 4) is 5.75 Å². The minimum Gasteiger partial charge on any atom is -0.484 e. The molecule has 2 rings (SSSR count). The zero-order chi connectivity index (χ0) is 22.3. The SMILES string of the molecule is CCOC(=O)c1c(NC(=O)COc2ccc(C)cc2)sc(C(=O)N(CC)CC)c1C. The predicted octanol–water partition coefficient (Wildman–Crippen LogP) is 4.04. The summed E-state index contributed by atoms with van der Waals surface area (Å²) in [4.78, 5) is 39.9. The summed E-state index contributed by atoms with van der Waals surface area (Å²) in [5, 5.41) is 3.00. The van der Waals surface area contributed by atoms with Crippen molar-refractivity contribution in [3.63, 3.8) is 0 Å². The molecule has 0 saturated heterocycles. The lowest BCUT2D eigenvalue weighted by molar-refractivity contribution is -0.118. The number of thiophene rings is 1. The van der Waals surface area contributed by atoms with Gasteiger partial charge in [0.05, 0.1) is 17.0 Å². The third-order valence-electron chi connectivity index (χ3n) is 4.52. The van der Waals surface area contributed by atoms with Gasteiger partial charge in [0.15, 0.2) is 6.61 Å². The number of nitrogens with zero attached hydrogens (tertiary/aromatic N) is 1. The van der Waals surface area contributed by atoms with Crippen molar-refractivity contribution in [2.75, 3.05) is 31.6 Å². The van der Waals surface area contributed by atoms with Gasteiger partial charge < -0.3 is 19.7 Å². The number of aryl methyl sites for hydroxylation is 1. The van der Waals surface area contributed by atoms with Crippen molar-refractivity contribution in [1.82, 2.24) is 4.90 Å². The van der Waals surface area contributed by atoms with E-state index in [1.54, 1.807) is 30.9 Å². The number of hydrogen-bond acceptors (Lipinski definition) is 6. The Morgan fingerprint density at radius 3 is 2.23 bits per heavy atom. The molecule has 1 N–H and O–H groups in total. The van der Waals surface area contributed by atoms with Crippen LogP contribution in [0, 0.1) is 13.8 Å². The highest BCUT2D eigenvalue weighted by molar-refractivity contribution is 7.18. The van der Waals surface area contributed by atoms with Crippen LogP contribution in [0.1, 0.15) is 51.9 Å². The summed E-state index contributed by atoms with van der Waals surface area (Å²) in [6.07, 6.45) is 0. The van der Waals surface area contributed by atoms with E-state index >= 15 is 0 Å². The van der Waals surface area contributed by atoms with Crippen molar-refractivity contribution < 1.29 is 23.9 Å². The Kier molecular flexibility index (Phi) is 8.41. The Labute approximate surface area is 181 Å². The molecule has 0 fully saturated rings. The molecule has 0 unspecified atom stereocenters. The molecule has 7 nitrogen and oxygen atoms in total. The van der Waals surface area contributed by atoms with E-state index in [-0.39, 0.29) is 24.7 Å². The maximum atomic E-state index is 12.8. The topological polar surface area (TPSA) is 84.9 Å². The minimum atomic E-state index is -0.570. The Morgan fingerprint density at radius 1 is 1.03 bits per heavy atom. The van der Waals surface area contributed by atoms with E-state index in [1.807, 2.05) is 32.9 Å². The molecule has 8 heteroatoms. The Balaban J connectivity index is 2.24. The first-order valence-corrected chi connectivity index (χ1v) is 10.7. The first-order chi connectivity index (χ1) is 14.3. The fourth-order valence-corrected chi connectivity index (χ4v) is 4.03. The van der Waals surface area contributed by atoms with E-state index in [4.69, 9.17) is 9.47 Å². The molecule has 0 spiro atoms. The largest absolute Gasteiger partial charge is 0.484 e. The molecule has 2 aromatic rings. The van der Waals surface area contributed by atoms with Crippen LogP contribution in [0.4, 0.5) is 5.00 Å². The van der Waals surface area contributed by atoms with Gasteiger partial charge in [-0.3, -0.25) is 9.59 Å². The molecule has 0 saturated carbocycles. The summed E-state index contributed by atoms with van der Waals surface area (Å²) in [5.74, 6) is -0.602. The summed E-state index contributed by atoms with van der Waals surface area (Å²) >= 11 is 1.08. The average molecular weight is 433 g/mol. The molecule has 2 amide bonds. The van der Waals surface area contributed by atoms with Crippen molar-refractivity contribution in [2.24, 2.45) is 0 Å². The Hall–Kier alpha value is -2.87. The Morgan fingerprint density at radius 2 is 1.67 bits per heavy atom. The zero-order valence-electron chi connectivity index (χ0n) is 18.0. The van der Waals surface area contributed by atoms with Gasteiger partial charge in [0, 0.05) is 13.1 Å². The van der Waals surface area contributed by atoms with E-state index in [0.29, 0.717) is 34.3 Å². The second kappa shape index (κ2) is 10.8. The van der Waals surface area contributed by atoms with Gasteiger partial charge in [0.25, 0.3) is 11.8 Å². The van der Waals surface area contributed by atoms with Crippen LogP contribution < -0.4 is 10.1 Å². The molecule has 30 heavy (non-hydrogen) atoms. The first-order valence-electron chi connectivity index (χ1n) is 9.91. The minimum absolute atomic E-state index is 0.176. The van der Waals surface area contributed by atoms with Gasteiger partial charge in [-0.2, -0.15) is 0 Å². The summed E-state index contributed by atoms with van der Waals surface area (Å²) < 4.78 is 10.6. The Bertz CT molecular complexity index is 901. The zero-order valence-corrected chi connectivity index (χ0v) is 18.9. The number of esters is 1. The highest BCUT2D eigenvalue weighted by Gasteiger charge is 2.28. The van der Waals surface area contributed by atoms with E-state index in [1.165, 1.54) is 0 Å². The summed E-state index contributed by atoms with van der Waals surface area (Å²) in [7, 11) is 0. The second-order valence-corrected chi connectivity index (χ2v) is 7.63. The van der Waals surface area contributed by atoms with Crippen LogP contribution in [0.5, 0.6) is 5.75 Å². The van der Waals surface area contributed by atoms with Gasteiger partial charge in [-0.25, -0.2) is 4.79 Å². The number of anilines is 1. The lowest BCUT2D eigenvalue weighted by atomic mass is 10.1. The number of ether oxygens (including phenoxy) is 2. The van der Waals surface area contributed by atoms with Gasteiger partial charge >= 0.3 is 5.97 Å². The summed E-state index contributed by atoms with van der Waals surface area (Å²) in [6, 6.07) is 7.34. The molecular weight excluding hydrogens is 404 g/mol. The standard InChI is InChI=1S/C22H28N2O5S/c1-6-24(7-2)21(26)19-15(5)18(22(27)28-8-3)20(30-19)23-17(25)13-29-16-11-9-14(4)10-12-16/h9-12H,6-8,13H2,1-5H3,(H,23,25). The molecule has 0 aliphatic rings. The number of nitrogens with one attached hydrogen (secondary N) is 1. The van der Waals surface area contributed by atoms with E-state index in [9.17, 15) is 14.4 Å². The van der Waals surface area contributed by atoms with Crippen LogP contribution in [0.25, 0.3) is 0 Å². The number of carbonyl (C=O) groups is 3. The van der Waals surface area contributed by atoms with Crippen LogP contribution >= 0.6 is 11.3 Å². The summed E-state index contributed by atoms with van der Waals surface area (Å²) in [6.45, 7) is 10.2. The maximum absolute atomic E-state index is 12.8. The van der Waals surface area contributed by atoms with E-state index in [0.717, 1.165) is 16.9 Å². The van der Waals surface area contributed by atoms with Gasteiger partial charge in [-0.05, 0) is 52.3 Å². The molecule has 0 bridgehead atoms. The summed E-state index contributed by atoms with van der Waals surface area (Å²) in [5.41, 5.74) is 1.80. The lowest BCUT2D eigenvalue weighted by Gasteiger charge is -2.18. The second-order valence-electron chi connectivity index (χ2n) is 6.61. The van der Waals surface area contributed by atoms with Crippen molar-refractivity contribution in [2.45, 2.75) is 34.6 Å². The molecular formula is C22H28N2O5S. The predicted molar refractivity (Wildman–Crippen MR) is 118 cm³/mol. The molecule has 1 heterocycles. The number of amides is 2. The third kappa shape index (κ3) is 5.60. The van der Waals surface area contributed by atoms with Crippen molar-refractivity contribution >= 4 is 34.1 Å². The number of rotatable bonds is 9. The van der Waals surface area contributed by atoms with Gasteiger partial charge in [0.2, 0.25) is 0 Å². The van der Waals surface area contributed by atoms with Crippen LogP contribution in [-0.4, -0.2) is 49.0 Å². The van der Waals surface area contributed by atoms with Crippen LogP contribution in [-0.2, 0) is 9.53 Å². The number of benzene rings is 1. The first kappa shape index (κ1) is 23.4. The monoisotopic (exact) mass is 432 g/mol. The maximum Gasteiger partial charge on any atom is 0.341 e. The molecule has 1 aromatic heterocycles. The van der Waals surface area contributed by atoms with E-state index < -0.39 is 11.9 Å². The smallest absolute Gasteiger partial charge is 0.341 e. The molecule has 162 valence electrons. The third-order valence-corrected chi connectivity index (χ3v) is 5.71. The molecule has 0 radical (unpaired) electrons. The van der Waals surface area contributed by atoms with Crippen LogP contribution in [0.15, 0.2) is 24.3 Å². The van der Waals surface area contributed by atoms with Gasteiger partial charge in [-0.15, -0.1) is 11.3 Å². The quantitative estimate of drug-likeness (QED) is 0.605. The normalized spacial score (nSPS) is 10.4. The fourth-order valence-electron chi connectivity index (χ4n) is 2.86. The van der Waals surface area contributed by atoms with Crippen molar-refractivity contribution in [1.29, 1.82) is 0 Å². The van der Waals surface area contributed by atoms with Crippen LogP contribution in [0.3, 0.4) is 0 Å². The molecule has 0 atom stereocenters. The average Bonchev–Trinajstić information content (AvgIpc) is 3.04. The highest BCUT2D eigenvalue weighted by Crippen LogP contribution is 2.34. The fraction of sp³-hybridized carbons (Fsp3) is 0.409. The molecule has 0 aliphatic carbocycles. The van der Waals surface area contributed by atoms with Gasteiger partial charge in [-0.1, -0.05) is 17.7 Å². The van der Waals surface area contributed by atoms with Crippen LogP contribution in [0.2, 0.25) is 0 Å². The number of hydrogen-bond donors (Lipinski definition) is 1. The van der Waals surface area contributed by atoms with Gasteiger partial charge in [0.1, 0.15) is 10.8 Å². The highest BCUT2D eigenvalue weighted by atomic mass is 32.1.